The van der Waals surface area contributed by atoms with E-state index in [1.807, 2.05) is 0 Å². The van der Waals surface area contributed by atoms with E-state index >= 15 is 0 Å². The molecule has 0 atom stereocenters. The summed E-state index contributed by atoms with van der Waals surface area (Å²) < 4.78 is 24.3. The third-order valence-corrected chi connectivity index (χ3v) is 2.74. The van der Waals surface area contributed by atoms with Gasteiger partial charge < -0.3 is 4.90 Å². The summed E-state index contributed by atoms with van der Waals surface area (Å²) >= 11 is 0. The Kier molecular flexibility index (Phi) is 3.17. The number of Topliss-reactive ketones (excluding diaryl/α,β-unsaturated/α-hetero) is 1. The maximum absolute atomic E-state index is 12.2. The number of hydrogen-bond donors (Lipinski definition) is 0. The highest BCUT2D eigenvalue weighted by Crippen LogP contribution is 2.22. The zero-order chi connectivity index (χ0) is 12.4. The number of amides is 1. The Morgan fingerprint density at radius 3 is 2.35 bits per heavy atom. The molecule has 17 heavy (non-hydrogen) atoms. The average Bonchev–Trinajstić information content (AvgIpc) is 2.74. The third kappa shape index (κ3) is 2.33. The second-order valence-corrected chi connectivity index (χ2v) is 3.86. The molecule has 0 aliphatic carbocycles. The van der Waals surface area contributed by atoms with Crippen molar-refractivity contribution in [3.8, 4) is 0 Å². The second kappa shape index (κ2) is 4.61. The molecule has 0 N–H and O–H groups in total. The average molecular weight is 239 g/mol. The van der Waals surface area contributed by atoms with Gasteiger partial charge in [0, 0.05) is 24.2 Å². The number of carbonyl (C=O) groups excluding carboxylic acids is 2. The van der Waals surface area contributed by atoms with Gasteiger partial charge in [0.1, 0.15) is 0 Å². The van der Waals surface area contributed by atoms with E-state index in [1.165, 1.54) is 24.3 Å². The Labute approximate surface area is 97.0 Å². The molecule has 90 valence electrons. The highest BCUT2D eigenvalue weighted by atomic mass is 19.3. The molecule has 1 aliphatic rings. The van der Waals surface area contributed by atoms with Gasteiger partial charge in [-0.05, 0) is 30.7 Å². The van der Waals surface area contributed by atoms with Gasteiger partial charge in [0.25, 0.3) is 0 Å². The normalized spacial score (nSPS) is 15.7. The number of hydrogen-bond acceptors (Lipinski definition) is 2. The van der Waals surface area contributed by atoms with Crippen molar-refractivity contribution >= 4 is 17.4 Å². The van der Waals surface area contributed by atoms with E-state index in [9.17, 15) is 18.4 Å². The van der Waals surface area contributed by atoms with Crippen LogP contribution in [0.3, 0.4) is 0 Å². The molecule has 1 aromatic carbocycles. The van der Waals surface area contributed by atoms with Crippen LogP contribution in [0, 0.1) is 0 Å². The van der Waals surface area contributed by atoms with Crippen molar-refractivity contribution in [2.45, 2.75) is 19.3 Å². The molecule has 1 aromatic rings. The summed E-state index contributed by atoms with van der Waals surface area (Å²) in [4.78, 5) is 24.0. The number of rotatable bonds is 3. The molecule has 3 nitrogen and oxygen atoms in total. The summed E-state index contributed by atoms with van der Waals surface area (Å²) in [6, 6.07) is 5.71. The fourth-order valence-corrected chi connectivity index (χ4v) is 1.85. The first kappa shape index (κ1) is 11.7. The van der Waals surface area contributed by atoms with Crippen molar-refractivity contribution < 1.29 is 18.4 Å². The molecule has 1 amide bonds. The van der Waals surface area contributed by atoms with Crippen LogP contribution in [0.15, 0.2) is 24.3 Å². The van der Waals surface area contributed by atoms with Crippen LogP contribution in [0.1, 0.15) is 23.2 Å². The molecule has 1 aliphatic heterocycles. The fraction of sp³-hybridized carbons (Fsp3) is 0.333. The van der Waals surface area contributed by atoms with Crippen LogP contribution in [0.5, 0.6) is 0 Å². The van der Waals surface area contributed by atoms with Crippen LogP contribution in [0.4, 0.5) is 14.5 Å². The molecule has 1 saturated heterocycles. The largest absolute Gasteiger partial charge is 0.312 e. The molecule has 0 saturated carbocycles. The smallest absolute Gasteiger partial charge is 0.300 e. The van der Waals surface area contributed by atoms with E-state index in [2.05, 4.69) is 0 Å². The van der Waals surface area contributed by atoms with Crippen LogP contribution >= 0.6 is 0 Å². The lowest BCUT2D eigenvalue weighted by molar-refractivity contribution is -0.117. The minimum absolute atomic E-state index is 0.0259. The molecule has 0 unspecified atom stereocenters. The summed E-state index contributed by atoms with van der Waals surface area (Å²) in [5.74, 6) is -1.16. The summed E-state index contributed by atoms with van der Waals surface area (Å²) in [6.07, 6.45) is -1.68. The van der Waals surface area contributed by atoms with Crippen molar-refractivity contribution in [1.29, 1.82) is 0 Å². The summed E-state index contributed by atoms with van der Waals surface area (Å²) in [7, 11) is 0. The van der Waals surface area contributed by atoms with E-state index in [0.717, 1.165) is 6.42 Å². The van der Waals surface area contributed by atoms with Gasteiger partial charge in [-0.1, -0.05) is 0 Å². The first-order chi connectivity index (χ1) is 8.09. The Morgan fingerprint density at radius 1 is 1.24 bits per heavy atom. The van der Waals surface area contributed by atoms with Crippen LogP contribution in [0.2, 0.25) is 0 Å². The standard InChI is InChI=1S/C12H11F2NO2/c13-12(14)11(17)8-3-5-9(6-4-8)15-7-1-2-10(15)16/h3-6,12H,1-2,7H2. The summed E-state index contributed by atoms with van der Waals surface area (Å²) in [5.41, 5.74) is 0.619. The zero-order valence-electron chi connectivity index (χ0n) is 9.03. The Bertz CT molecular complexity index is 442. The molecular weight excluding hydrogens is 228 g/mol. The first-order valence-corrected chi connectivity index (χ1v) is 5.32. The van der Waals surface area contributed by atoms with Gasteiger partial charge in [0.15, 0.2) is 0 Å². The molecule has 0 aromatic heterocycles. The molecule has 0 spiro atoms. The van der Waals surface area contributed by atoms with Crippen LogP contribution < -0.4 is 4.90 Å². The third-order valence-electron chi connectivity index (χ3n) is 2.74. The van der Waals surface area contributed by atoms with E-state index < -0.39 is 12.2 Å². The number of anilines is 1. The lowest BCUT2D eigenvalue weighted by Crippen LogP contribution is -2.23. The molecular formula is C12H11F2NO2. The first-order valence-electron chi connectivity index (χ1n) is 5.32. The molecule has 2 rings (SSSR count). The fourth-order valence-electron chi connectivity index (χ4n) is 1.85. The van der Waals surface area contributed by atoms with Gasteiger partial charge in [-0.25, -0.2) is 8.78 Å². The van der Waals surface area contributed by atoms with Gasteiger partial charge >= 0.3 is 6.43 Å². The predicted molar refractivity (Wildman–Crippen MR) is 58.4 cm³/mol. The van der Waals surface area contributed by atoms with Crippen molar-refractivity contribution in [3.05, 3.63) is 29.8 Å². The maximum Gasteiger partial charge on any atom is 0.300 e. The quantitative estimate of drug-likeness (QED) is 0.759. The maximum atomic E-state index is 12.2. The number of ketones is 1. The van der Waals surface area contributed by atoms with E-state index in [1.54, 1.807) is 4.90 Å². The topological polar surface area (TPSA) is 37.4 Å². The van der Waals surface area contributed by atoms with Crippen molar-refractivity contribution in [2.75, 3.05) is 11.4 Å². The zero-order valence-corrected chi connectivity index (χ0v) is 9.03. The van der Waals surface area contributed by atoms with Crippen LogP contribution in [-0.4, -0.2) is 24.7 Å². The minimum atomic E-state index is -2.99. The summed E-state index contributed by atoms with van der Waals surface area (Å²) in [6.45, 7) is 0.640. The minimum Gasteiger partial charge on any atom is -0.312 e. The number of carbonyl (C=O) groups is 2. The monoisotopic (exact) mass is 239 g/mol. The van der Waals surface area contributed by atoms with Gasteiger partial charge in [0.05, 0.1) is 0 Å². The highest BCUT2D eigenvalue weighted by molar-refractivity contribution is 6.00. The van der Waals surface area contributed by atoms with Crippen LogP contribution in [-0.2, 0) is 4.79 Å². The van der Waals surface area contributed by atoms with Gasteiger partial charge in [-0.3, -0.25) is 9.59 Å². The van der Waals surface area contributed by atoms with Gasteiger partial charge in [0.2, 0.25) is 11.7 Å². The van der Waals surface area contributed by atoms with Crippen molar-refractivity contribution in [1.82, 2.24) is 0 Å². The lowest BCUT2D eigenvalue weighted by Gasteiger charge is -2.15. The number of benzene rings is 1. The number of alkyl halides is 2. The second-order valence-electron chi connectivity index (χ2n) is 3.86. The van der Waals surface area contributed by atoms with Gasteiger partial charge in [-0.2, -0.15) is 0 Å². The molecule has 1 heterocycles. The number of halogens is 2. The highest BCUT2D eigenvalue weighted by Gasteiger charge is 2.22. The Balaban J connectivity index is 2.18. The SMILES string of the molecule is O=C(c1ccc(N2CCCC2=O)cc1)C(F)F. The van der Waals surface area contributed by atoms with Crippen molar-refractivity contribution in [2.24, 2.45) is 0 Å². The van der Waals surface area contributed by atoms with E-state index in [-0.39, 0.29) is 11.5 Å². The van der Waals surface area contributed by atoms with Crippen molar-refractivity contribution in [3.63, 3.8) is 0 Å². The van der Waals surface area contributed by atoms with E-state index in [4.69, 9.17) is 0 Å². The Morgan fingerprint density at radius 2 is 1.88 bits per heavy atom. The van der Waals surface area contributed by atoms with Crippen LogP contribution in [0.25, 0.3) is 0 Å². The Hall–Kier alpha value is -1.78. The lowest BCUT2D eigenvalue weighted by atomic mass is 10.1. The molecule has 0 bridgehead atoms. The molecule has 0 radical (unpaired) electrons. The summed E-state index contributed by atoms with van der Waals surface area (Å²) in [5, 5.41) is 0. The molecule has 5 heteroatoms. The van der Waals surface area contributed by atoms with Gasteiger partial charge in [-0.15, -0.1) is 0 Å². The van der Waals surface area contributed by atoms with E-state index in [0.29, 0.717) is 18.7 Å². The predicted octanol–water partition coefficient (Wildman–Crippen LogP) is 2.26. The number of nitrogens with zero attached hydrogens (tertiary/aromatic N) is 1. The molecule has 1 fully saturated rings.